The third-order valence-corrected chi connectivity index (χ3v) is 3.95. The lowest BCUT2D eigenvalue weighted by atomic mass is 9.99. The van der Waals surface area contributed by atoms with Gasteiger partial charge in [-0.15, -0.1) is 0 Å². The molecule has 1 aromatic rings. The summed E-state index contributed by atoms with van der Waals surface area (Å²) in [5, 5.41) is 0. The predicted molar refractivity (Wildman–Crippen MR) is 67.0 cm³/mol. The van der Waals surface area contributed by atoms with Gasteiger partial charge in [0.25, 0.3) is 0 Å². The van der Waals surface area contributed by atoms with E-state index in [0.717, 1.165) is 0 Å². The molecule has 0 amide bonds. The average molecular weight is 208 g/mol. The van der Waals surface area contributed by atoms with Crippen molar-refractivity contribution in [2.75, 3.05) is 6.26 Å². The average Bonchev–Trinajstić information content (AvgIpc) is 2.19. The number of thioether (sulfide) groups is 1. The number of hydrogen-bond acceptors (Lipinski definition) is 1. The molecule has 0 atom stereocenters. The van der Waals surface area contributed by atoms with Crippen LogP contribution in [0.4, 0.5) is 0 Å². The molecule has 0 saturated carbocycles. The van der Waals surface area contributed by atoms with Crippen LogP contribution in [-0.4, -0.2) is 6.26 Å². The number of aryl methyl sites for hydroxylation is 1. The molecule has 0 aromatic heterocycles. The third kappa shape index (κ3) is 2.78. The van der Waals surface area contributed by atoms with Crippen molar-refractivity contribution in [3.05, 3.63) is 35.4 Å². The molecule has 0 unspecified atom stereocenters. The van der Waals surface area contributed by atoms with Crippen molar-refractivity contribution in [3.63, 3.8) is 0 Å². The van der Waals surface area contributed by atoms with Crippen LogP contribution in [0.15, 0.2) is 24.3 Å². The van der Waals surface area contributed by atoms with Gasteiger partial charge in [0.05, 0.1) is 0 Å². The van der Waals surface area contributed by atoms with Crippen LogP contribution in [0.3, 0.4) is 0 Å². The Morgan fingerprint density at radius 1 is 1.14 bits per heavy atom. The van der Waals surface area contributed by atoms with Gasteiger partial charge >= 0.3 is 0 Å². The Labute approximate surface area is 92.1 Å². The highest BCUT2D eigenvalue weighted by Gasteiger charge is 2.17. The van der Waals surface area contributed by atoms with E-state index in [2.05, 4.69) is 51.3 Å². The van der Waals surface area contributed by atoms with E-state index in [1.165, 1.54) is 24.0 Å². The summed E-state index contributed by atoms with van der Waals surface area (Å²) in [7, 11) is 0. The molecule has 0 saturated heterocycles. The van der Waals surface area contributed by atoms with Gasteiger partial charge in [-0.05, 0) is 37.7 Å². The van der Waals surface area contributed by atoms with Gasteiger partial charge < -0.3 is 0 Å². The minimum atomic E-state index is 0.241. The van der Waals surface area contributed by atoms with Crippen LogP contribution in [-0.2, 0) is 11.2 Å². The zero-order chi connectivity index (χ0) is 10.6. The Bertz CT molecular complexity index is 272. The van der Waals surface area contributed by atoms with Crippen molar-refractivity contribution in [2.24, 2.45) is 0 Å². The molecule has 0 aliphatic carbocycles. The summed E-state index contributed by atoms with van der Waals surface area (Å²) in [6.45, 7) is 6.76. The van der Waals surface area contributed by atoms with E-state index in [-0.39, 0.29) is 4.75 Å². The van der Waals surface area contributed by atoms with Crippen LogP contribution >= 0.6 is 11.8 Å². The highest BCUT2D eigenvalue weighted by molar-refractivity contribution is 7.99. The van der Waals surface area contributed by atoms with Gasteiger partial charge in [-0.3, -0.25) is 0 Å². The minimum absolute atomic E-state index is 0.241. The van der Waals surface area contributed by atoms with Gasteiger partial charge in [0.2, 0.25) is 0 Å². The van der Waals surface area contributed by atoms with Crippen molar-refractivity contribution in [1.82, 2.24) is 0 Å². The fourth-order valence-electron chi connectivity index (χ4n) is 1.48. The minimum Gasteiger partial charge on any atom is -0.154 e. The van der Waals surface area contributed by atoms with Crippen LogP contribution in [0.1, 0.15) is 38.3 Å². The fourth-order valence-corrected chi connectivity index (χ4v) is 1.85. The van der Waals surface area contributed by atoms with E-state index in [1.807, 2.05) is 11.8 Å². The molecule has 0 radical (unpaired) electrons. The van der Waals surface area contributed by atoms with Crippen LogP contribution in [0, 0.1) is 0 Å². The second-order valence-corrected chi connectivity index (χ2v) is 5.59. The highest BCUT2D eigenvalue weighted by Crippen LogP contribution is 2.33. The first-order chi connectivity index (χ1) is 6.60. The second-order valence-electron chi connectivity index (χ2n) is 4.16. The predicted octanol–water partition coefficient (Wildman–Crippen LogP) is 4.24. The first-order valence-electron chi connectivity index (χ1n) is 5.24. The van der Waals surface area contributed by atoms with E-state index in [1.54, 1.807) is 0 Å². The zero-order valence-electron chi connectivity index (χ0n) is 9.63. The molecule has 0 nitrogen and oxygen atoms in total. The summed E-state index contributed by atoms with van der Waals surface area (Å²) < 4.78 is 0.241. The molecular weight excluding hydrogens is 188 g/mol. The summed E-state index contributed by atoms with van der Waals surface area (Å²) in [6, 6.07) is 9.05. The standard InChI is InChI=1S/C13H20S/c1-5-6-11-7-9-12(10-8-11)13(2,3)14-4/h7-10H,5-6H2,1-4H3. The van der Waals surface area contributed by atoms with Crippen molar-refractivity contribution < 1.29 is 0 Å². The summed E-state index contributed by atoms with van der Waals surface area (Å²) in [5.41, 5.74) is 2.87. The summed E-state index contributed by atoms with van der Waals surface area (Å²) in [6.07, 6.45) is 4.59. The van der Waals surface area contributed by atoms with Crippen molar-refractivity contribution in [2.45, 2.75) is 38.4 Å². The Hall–Kier alpha value is -0.430. The zero-order valence-corrected chi connectivity index (χ0v) is 10.4. The SMILES string of the molecule is CCCc1ccc(C(C)(C)SC)cc1. The van der Waals surface area contributed by atoms with E-state index in [4.69, 9.17) is 0 Å². The van der Waals surface area contributed by atoms with Crippen LogP contribution in [0.5, 0.6) is 0 Å². The molecule has 0 aliphatic heterocycles. The van der Waals surface area contributed by atoms with E-state index in [9.17, 15) is 0 Å². The molecule has 0 N–H and O–H groups in total. The van der Waals surface area contributed by atoms with E-state index in [0.29, 0.717) is 0 Å². The van der Waals surface area contributed by atoms with Gasteiger partial charge in [0.1, 0.15) is 0 Å². The molecule has 78 valence electrons. The molecule has 1 heteroatoms. The van der Waals surface area contributed by atoms with Crippen LogP contribution in [0.2, 0.25) is 0 Å². The topological polar surface area (TPSA) is 0 Å². The Balaban J connectivity index is 2.82. The maximum Gasteiger partial charge on any atom is 0.0349 e. The number of benzene rings is 1. The maximum absolute atomic E-state index is 2.27. The molecular formula is C13H20S. The van der Waals surface area contributed by atoms with Gasteiger partial charge in [0, 0.05) is 4.75 Å². The number of rotatable bonds is 4. The fraction of sp³-hybridized carbons (Fsp3) is 0.538. The molecule has 1 rings (SSSR count). The monoisotopic (exact) mass is 208 g/mol. The van der Waals surface area contributed by atoms with Crippen LogP contribution in [0.25, 0.3) is 0 Å². The highest BCUT2D eigenvalue weighted by atomic mass is 32.2. The quantitative estimate of drug-likeness (QED) is 0.713. The van der Waals surface area contributed by atoms with Gasteiger partial charge in [0.15, 0.2) is 0 Å². The lowest BCUT2D eigenvalue weighted by Crippen LogP contribution is -2.10. The molecule has 14 heavy (non-hydrogen) atoms. The lowest BCUT2D eigenvalue weighted by molar-refractivity contribution is 0.783. The van der Waals surface area contributed by atoms with Crippen molar-refractivity contribution in [3.8, 4) is 0 Å². The first-order valence-corrected chi connectivity index (χ1v) is 6.47. The summed E-state index contributed by atoms with van der Waals surface area (Å²) >= 11 is 1.90. The summed E-state index contributed by atoms with van der Waals surface area (Å²) in [4.78, 5) is 0. The first kappa shape index (κ1) is 11.6. The molecule has 0 spiro atoms. The Kier molecular flexibility index (Phi) is 4.06. The number of hydrogen-bond donors (Lipinski definition) is 0. The third-order valence-electron chi connectivity index (χ3n) is 2.70. The maximum atomic E-state index is 2.27. The van der Waals surface area contributed by atoms with Crippen molar-refractivity contribution >= 4 is 11.8 Å². The van der Waals surface area contributed by atoms with Gasteiger partial charge in [-0.2, -0.15) is 11.8 Å². The Morgan fingerprint density at radius 2 is 1.71 bits per heavy atom. The van der Waals surface area contributed by atoms with E-state index >= 15 is 0 Å². The normalized spacial score (nSPS) is 11.7. The van der Waals surface area contributed by atoms with Crippen LogP contribution < -0.4 is 0 Å². The molecule has 0 bridgehead atoms. The Morgan fingerprint density at radius 3 is 2.14 bits per heavy atom. The summed E-state index contributed by atoms with van der Waals surface area (Å²) in [5.74, 6) is 0. The molecule has 0 aliphatic rings. The van der Waals surface area contributed by atoms with E-state index < -0.39 is 0 Å². The molecule has 0 fully saturated rings. The smallest absolute Gasteiger partial charge is 0.0349 e. The molecule has 0 heterocycles. The van der Waals surface area contributed by atoms with Gasteiger partial charge in [-0.25, -0.2) is 0 Å². The van der Waals surface area contributed by atoms with Gasteiger partial charge in [-0.1, -0.05) is 37.6 Å². The largest absolute Gasteiger partial charge is 0.154 e. The molecule has 1 aromatic carbocycles. The lowest BCUT2D eigenvalue weighted by Gasteiger charge is -2.22. The second kappa shape index (κ2) is 4.88. The van der Waals surface area contributed by atoms with Crippen molar-refractivity contribution in [1.29, 1.82) is 0 Å².